The first-order valence-corrected chi connectivity index (χ1v) is 7.15. The molecule has 1 aromatic carbocycles. The largest absolute Gasteiger partial charge is 0.424 e. The van der Waals surface area contributed by atoms with E-state index < -0.39 is 16.5 Å². The minimum atomic E-state index is -0.567. The molecule has 1 aromatic heterocycles. The van der Waals surface area contributed by atoms with Crippen molar-refractivity contribution in [2.24, 2.45) is 5.16 Å². The van der Waals surface area contributed by atoms with Crippen LogP contribution in [0, 0.1) is 10.1 Å². The van der Waals surface area contributed by atoms with Crippen molar-refractivity contribution in [1.82, 2.24) is 4.98 Å². The van der Waals surface area contributed by atoms with Gasteiger partial charge in [-0.3, -0.25) is 19.9 Å². The molecule has 0 saturated heterocycles. The second-order valence-electron chi connectivity index (χ2n) is 6.00. The molecule has 0 unspecified atom stereocenters. The van der Waals surface area contributed by atoms with Gasteiger partial charge >= 0.3 is 5.97 Å². The molecule has 1 heterocycles. The molecule has 8 heteroatoms. The predicted molar refractivity (Wildman–Crippen MR) is 88.1 cm³/mol. The van der Waals surface area contributed by atoms with Crippen LogP contribution in [0.4, 0.5) is 5.69 Å². The summed E-state index contributed by atoms with van der Waals surface area (Å²) in [5.41, 5.74) is -0.253. The Balaban J connectivity index is 2.66. The summed E-state index contributed by atoms with van der Waals surface area (Å²) >= 11 is 0. The number of aromatic nitrogens is 1. The zero-order valence-corrected chi connectivity index (χ0v) is 13.8. The summed E-state index contributed by atoms with van der Waals surface area (Å²) in [7, 11) is 0. The number of rotatable bonds is 4. The van der Waals surface area contributed by atoms with Crippen molar-refractivity contribution in [3.8, 4) is 5.75 Å². The fourth-order valence-corrected chi connectivity index (χ4v) is 1.96. The van der Waals surface area contributed by atoms with Crippen LogP contribution < -0.4 is 4.74 Å². The predicted octanol–water partition coefficient (Wildman–Crippen LogP) is 3.22. The lowest BCUT2D eigenvalue weighted by Crippen LogP contribution is -2.15. The number of pyridine rings is 1. The molecule has 126 valence electrons. The summed E-state index contributed by atoms with van der Waals surface area (Å²) in [6.07, 6.45) is 2.73. The molecule has 0 aliphatic rings. The number of carbonyl (C=O) groups excluding carboxylic acids is 1. The van der Waals surface area contributed by atoms with Crippen LogP contribution in [0.3, 0.4) is 0 Å². The molecular weight excluding hydrogens is 314 g/mol. The Kier molecular flexibility index (Phi) is 4.77. The summed E-state index contributed by atoms with van der Waals surface area (Å²) in [5, 5.41) is 15.4. The third kappa shape index (κ3) is 4.03. The molecule has 8 nitrogen and oxygen atoms in total. The monoisotopic (exact) mass is 331 g/mol. The number of carbonyl (C=O) groups is 1. The highest BCUT2D eigenvalue weighted by Gasteiger charge is 2.21. The van der Waals surface area contributed by atoms with Crippen LogP contribution in [-0.2, 0) is 9.63 Å². The highest BCUT2D eigenvalue weighted by atomic mass is 16.6. The molecule has 0 aliphatic carbocycles. The summed E-state index contributed by atoms with van der Waals surface area (Å²) in [5.74, 6) is -0.466. The summed E-state index contributed by atoms with van der Waals surface area (Å²) in [4.78, 5) is 31.6. The molecule has 0 aliphatic heterocycles. The molecule has 0 atom stereocenters. The second kappa shape index (κ2) is 6.61. The number of hydrogen-bond donors (Lipinski definition) is 0. The molecule has 0 N–H and O–H groups in total. The van der Waals surface area contributed by atoms with Crippen LogP contribution in [0.1, 0.15) is 33.3 Å². The van der Waals surface area contributed by atoms with Crippen LogP contribution in [0.15, 0.2) is 29.6 Å². The Morgan fingerprint density at radius 1 is 1.42 bits per heavy atom. The fraction of sp³-hybridized carbons (Fsp3) is 0.312. The number of nitrogens with zero attached hydrogens (tertiary/aromatic N) is 3. The lowest BCUT2D eigenvalue weighted by Gasteiger charge is -2.15. The van der Waals surface area contributed by atoms with Crippen molar-refractivity contribution in [1.29, 1.82) is 0 Å². The molecule has 0 saturated carbocycles. The molecule has 0 radical (unpaired) electrons. The van der Waals surface area contributed by atoms with Crippen molar-refractivity contribution in [2.45, 2.75) is 33.3 Å². The lowest BCUT2D eigenvalue weighted by molar-refractivity contribution is -0.383. The summed E-state index contributed by atoms with van der Waals surface area (Å²) in [6, 6.07) is 4.39. The minimum absolute atomic E-state index is 0.102. The van der Waals surface area contributed by atoms with Gasteiger partial charge < -0.3 is 9.57 Å². The van der Waals surface area contributed by atoms with E-state index in [0.29, 0.717) is 0 Å². The van der Waals surface area contributed by atoms with Gasteiger partial charge in [-0.25, -0.2) is 0 Å². The Labute approximate surface area is 138 Å². The number of hydrogen-bond acceptors (Lipinski definition) is 7. The van der Waals surface area contributed by atoms with Crippen LogP contribution in [0.2, 0.25) is 0 Å². The van der Waals surface area contributed by atoms with E-state index in [4.69, 9.17) is 9.57 Å². The number of nitro benzene ring substituents is 1. The first-order valence-electron chi connectivity index (χ1n) is 7.15. The van der Waals surface area contributed by atoms with Gasteiger partial charge in [-0.2, -0.15) is 0 Å². The standard InChI is InChI=1S/C16H17N3O5/c1-10(20)23-15-11(9-18-24-16(2,3)4)8-13(19(21)22)12-6-5-7-17-14(12)15/h5-9H,1-4H3/b18-9+. The van der Waals surface area contributed by atoms with E-state index in [1.807, 2.05) is 20.8 Å². The van der Waals surface area contributed by atoms with E-state index in [2.05, 4.69) is 10.1 Å². The van der Waals surface area contributed by atoms with Gasteiger partial charge in [-0.1, -0.05) is 5.16 Å². The molecule has 2 aromatic rings. The maximum atomic E-state index is 11.4. The highest BCUT2D eigenvalue weighted by Crippen LogP contribution is 2.34. The van der Waals surface area contributed by atoms with Gasteiger partial charge in [0.15, 0.2) is 5.75 Å². The second-order valence-corrected chi connectivity index (χ2v) is 6.00. The van der Waals surface area contributed by atoms with Gasteiger partial charge in [-0.05, 0) is 32.9 Å². The van der Waals surface area contributed by atoms with Crippen molar-refractivity contribution in [3.63, 3.8) is 0 Å². The smallest absolute Gasteiger partial charge is 0.308 e. The zero-order valence-electron chi connectivity index (χ0n) is 13.8. The Hall–Kier alpha value is -3.03. The molecule has 2 rings (SSSR count). The van der Waals surface area contributed by atoms with E-state index in [0.717, 1.165) is 0 Å². The van der Waals surface area contributed by atoms with Gasteiger partial charge in [0.2, 0.25) is 0 Å². The molecule has 0 spiro atoms. The first kappa shape index (κ1) is 17.3. The number of non-ortho nitro benzene ring substituents is 1. The quantitative estimate of drug-likeness (QED) is 0.280. The van der Waals surface area contributed by atoms with Crippen LogP contribution in [0.25, 0.3) is 10.9 Å². The minimum Gasteiger partial charge on any atom is -0.424 e. The fourth-order valence-electron chi connectivity index (χ4n) is 1.96. The van der Waals surface area contributed by atoms with Crippen LogP contribution in [0.5, 0.6) is 5.75 Å². The first-order chi connectivity index (χ1) is 11.2. The number of ether oxygens (including phenoxy) is 1. The number of fused-ring (bicyclic) bond motifs is 1. The van der Waals surface area contributed by atoms with Crippen molar-refractivity contribution < 1.29 is 19.3 Å². The molecule has 0 fully saturated rings. The molecular formula is C16H17N3O5. The van der Waals surface area contributed by atoms with E-state index in [-0.39, 0.29) is 27.9 Å². The number of oxime groups is 1. The van der Waals surface area contributed by atoms with E-state index in [1.165, 1.54) is 25.4 Å². The third-order valence-corrected chi connectivity index (χ3v) is 2.81. The summed E-state index contributed by atoms with van der Waals surface area (Å²) in [6.45, 7) is 6.66. The van der Waals surface area contributed by atoms with Gasteiger partial charge in [0.1, 0.15) is 11.1 Å². The van der Waals surface area contributed by atoms with Crippen molar-refractivity contribution >= 4 is 28.8 Å². The van der Waals surface area contributed by atoms with E-state index in [9.17, 15) is 14.9 Å². The highest BCUT2D eigenvalue weighted by molar-refractivity contribution is 6.01. The topological polar surface area (TPSA) is 104 Å². The summed E-state index contributed by atoms with van der Waals surface area (Å²) < 4.78 is 5.21. The number of esters is 1. The average Bonchev–Trinajstić information content (AvgIpc) is 2.47. The Morgan fingerprint density at radius 2 is 2.12 bits per heavy atom. The van der Waals surface area contributed by atoms with E-state index in [1.54, 1.807) is 12.1 Å². The van der Waals surface area contributed by atoms with Crippen molar-refractivity contribution in [3.05, 3.63) is 40.1 Å². The van der Waals surface area contributed by atoms with Crippen LogP contribution >= 0.6 is 0 Å². The van der Waals surface area contributed by atoms with Crippen LogP contribution in [-0.4, -0.2) is 27.7 Å². The normalized spacial score (nSPS) is 11.7. The van der Waals surface area contributed by atoms with Gasteiger partial charge in [-0.15, -0.1) is 0 Å². The van der Waals surface area contributed by atoms with E-state index >= 15 is 0 Å². The van der Waals surface area contributed by atoms with Gasteiger partial charge in [0.25, 0.3) is 5.69 Å². The Morgan fingerprint density at radius 3 is 2.71 bits per heavy atom. The third-order valence-electron chi connectivity index (χ3n) is 2.81. The average molecular weight is 331 g/mol. The van der Waals surface area contributed by atoms with Gasteiger partial charge in [0, 0.05) is 24.8 Å². The number of nitro groups is 1. The maximum Gasteiger partial charge on any atom is 0.308 e. The number of benzene rings is 1. The van der Waals surface area contributed by atoms with Crippen molar-refractivity contribution in [2.75, 3.05) is 0 Å². The maximum absolute atomic E-state index is 11.4. The molecule has 24 heavy (non-hydrogen) atoms. The SMILES string of the molecule is CC(=O)Oc1c(/C=N/OC(C)(C)C)cc([N+](=O)[O-])c2cccnc12. The lowest BCUT2D eigenvalue weighted by atomic mass is 10.1. The molecule has 0 amide bonds. The molecule has 0 bridgehead atoms. The Bertz CT molecular complexity index is 824. The zero-order chi connectivity index (χ0) is 17.9. The van der Waals surface area contributed by atoms with Gasteiger partial charge in [0.05, 0.1) is 16.5 Å².